The summed E-state index contributed by atoms with van der Waals surface area (Å²) < 4.78 is 1.70. The highest BCUT2D eigenvalue weighted by Gasteiger charge is 2.34. The van der Waals surface area contributed by atoms with E-state index < -0.39 is 0 Å². The van der Waals surface area contributed by atoms with E-state index in [0.29, 0.717) is 17.3 Å². The number of fused-ring (bicyclic) bond motifs is 1. The zero-order valence-electron chi connectivity index (χ0n) is 17.4. The summed E-state index contributed by atoms with van der Waals surface area (Å²) in [6, 6.07) is 18.7. The lowest BCUT2D eigenvalue weighted by atomic mass is 9.72. The summed E-state index contributed by atoms with van der Waals surface area (Å²) in [4.78, 5) is 17.9. The van der Waals surface area contributed by atoms with Crippen LogP contribution in [0.3, 0.4) is 0 Å². The lowest BCUT2D eigenvalue weighted by Gasteiger charge is -2.38. The fraction of sp³-hybridized carbons (Fsp3) is 0.160. The largest absolute Gasteiger partial charge is 0.321 e. The van der Waals surface area contributed by atoms with Crippen LogP contribution in [-0.4, -0.2) is 29.5 Å². The van der Waals surface area contributed by atoms with E-state index in [0.717, 1.165) is 35.2 Å². The predicted octanol–water partition coefficient (Wildman–Crippen LogP) is 4.25. The van der Waals surface area contributed by atoms with Gasteiger partial charge in [-0.1, -0.05) is 54.6 Å². The average molecular weight is 419 g/mol. The van der Waals surface area contributed by atoms with E-state index >= 15 is 0 Å². The minimum Gasteiger partial charge on any atom is -0.321 e. The number of hydrogen-bond acceptors (Lipinski definition) is 6. The maximum absolute atomic E-state index is 6.52. The maximum Gasteiger partial charge on any atom is 0.253 e. The Morgan fingerprint density at radius 3 is 2.38 bits per heavy atom. The van der Waals surface area contributed by atoms with Crippen molar-refractivity contribution in [1.82, 2.24) is 29.5 Å². The van der Waals surface area contributed by atoms with Gasteiger partial charge in [0.05, 0.1) is 11.9 Å². The average Bonchev–Trinajstić information content (AvgIpc) is 3.26. The molecule has 1 aliphatic carbocycles. The predicted molar refractivity (Wildman–Crippen MR) is 122 cm³/mol. The number of benzene rings is 2. The molecular weight excluding hydrogens is 398 g/mol. The van der Waals surface area contributed by atoms with Crippen LogP contribution in [-0.2, 0) is 5.54 Å². The Bertz CT molecular complexity index is 1390. The van der Waals surface area contributed by atoms with Gasteiger partial charge in [0.25, 0.3) is 5.78 Å². The highest BCUT2D eigenvalue weighted by atomic mass is 15.3. The molecule has 0 radical (unpaired) electrons. The first-order valence-corrected chi connectivity index (χ1v) is 10.7. The van der Waals surface area contributed by atoms with E-state index in [-0.39, 0.29) is 5.54 Å². The van der Waals surface area contributed by atoms with Gasteiger partial charge < -0.3 is 5.73 Å². The minimum atomic E-state index is -0.184. The van der Waals surface area contributed by atoms with Gasteiger partial charge in [-0.2, -0.15) is 4.98 Å². The zero-order valence-corrected chi connectivity index (χ0v) is 17.4. The normalized spacial score (nSPS) is 14.9. The zero-order chi connectivity index (χ0) is 21.5. The van der Waals surface area contributed by atoms with E-state index in [4.69, 9.17) is 10.7 Å². The monoisotopic (exact) mass is 419 g/mol. The molecule has 0 saturated heterocycles. The lowest BCUT2D eigenvalue weighted by molar-refractivity contribution is 0.253. The molecule has 156 valence electrons. The van der Waals surface area contributed by atoms with Crippen molar-refractivity contribution in [2.75, 3.05) is 0 Å². The molecule has 0 unspecified atom stereocenters. The molecule has 0 amide bonds. The first-order valence-electron chi connectivity index (χ1n) is 10.7. The summed E-state index contributed by atoms with van der Waals surface area (Å²) in [7, 11) is 0. The van der Waals surface area contributed by atoms with Crippen LogP contribution in [0.25, 0.3) is 39.7 Å². The van der Waals surface area contributed by atoms with Crippen LogP contribution in [0, 0.1) is 0 Å². The molecule has 0 aliphatic heterocycles. The molecule has 6 rings (SSSR count). The summed E-state index contributed by atoms with van der Waals surface area (Å²) in [5.74, 6) is 1.01. The molecule has 1 fully saturated rings. The number of aromatic nitrogens is 6. The molecule has 5 aromatic rings. The number of nitrogens with two attached hydrogens (primary N) is 1. The van der Waals surface area contributed by atoms with Gasteiger partial charge in [-0.15, -0.1) is 5.10 Å². The molecule has 3 aromatic heterocycles. The Balaban J connectivity index is 1.50. The molecule has 32 heavy (non-hydrogen) atoms. The van der Waals surface area contributed by atoms with Crippen molar-refractivity contribution in [2.45, 2.75) is 24.8 Å². The molecule has 0 atom stereocenters. The number of nitrogens with zero attached hydrogens (tertiary/aromatic N) is 6. The van der Waals surface area contributed by atoms with Gasteiger partial charge in [0.2, 0.25) is 5.82 Å². The van der Waals surface area contributed by atoms with Crippen molar-refractivity contribution in [2.24, 2.45) is 5.73 Å². The van der Waals surface area contributed by atoms with E-state index in [1.807, 2.05) is 24.4 Å². The van der Waals surface area contributed by atoms with Gasteiger partial charge >= 0.3 is 0 Å². The first kappa shape index (κ1) is 18.8. The van der Waals surface area contributed by atoms with Gasteiger partial charge in [-0.3, -0.25) is 4.98 Å². The molecule has 7 nitrogen and oxygen atoms in total. The van der Waals surface area contributed by atoms with E-state index in [1.54, 1.807) is 23.1 Å². The van der Waals surface area contributed by atoms with Crippen LogP contribution < -0.4 is 5.73 Å². The first-order chi connectivity index (χ1) is 15.7. The summed E-state index contributed by atoms with van der Waals surface area (Å²) in [5.41, 5.74) is 12.0. The Kier molecular flexibility index (Phi) is 4.29. The molecule has 1 aliphatic rings. The highest BCUT2D eigenvalue weighted by Crippen LogP contribution is 2.39. The Hall–Kier alpha value is -3.97. The Labute approximate surface area is 185 Å². The molecule has 0 bridgehead atoms. The quantitative estimate of drug-likeness (QED) is 0.468. The van der Waals surface area contributed by atoms with Crippen LogP contribution in [0.15, 0.2) is 79.4 Å². The second kappa shape index (κ2) is 7.32. The fourth-order valence-electron chi connectivity index (χ4n) is 4.20. The van der Waals surface area contributed by atoms with Crippen molar-refractivity contribution in [3.8, 4) is 33.9 Å². The topological polar surface area (TPSA) is 94.9 Å². The summed E-state index contributed by atoms with van der Waals surface area (Å²) in [6.07, 6.45) is 10.1. The van der Waals surface area contributed by atoms with Gasteiger partial charge in [0.1, 0.15) is 5.69 Å². The molecule has 2 aromatic carbocycles. The minimum absolute atomic E-state index is 0.184. The van der Waals surface area contributed by atoms with Crippen LogP contribution in [0.4, 0.5) is 0 Å². The summed E-state index contributed by atoms with van der Waals surface area (Å²) in [6.45, 7) is 0. The Morgan fingerprint density at radius 1 is 0.875 bits per heavy atom. The third kappa shape index (κ3) is 3.14. The van der Waals surface area contributed by atoms with Crippen molar-refractivity contribution >= 4 is 5.78 Å². The molecule has 1 saturated carbocycles. The van der Waals surface area contributed by atoms with Crippen LogP contribution in [0.1, 0.15) is 24.8 Å². The van der Waals surface area contributed by atoms with Gasteiger partial charge in [0, 0.05) is 35.3 Å². The van der Waals surface area contributed by atoms with Crippen molar-refractivity contribution < 1.29 is 0 Å². The van der Waals surface area contributed by atoms with Crippen molar-refractivity contribution in [1.29, 1.82) is 0 Å². The van der Waals surface area contributed by atoms with Crippen molar-refractivity contribution in [3.63, 3.8) is 0 Å². The third-order valence-corrected chi connectivity index (χ3v) is 6.19. The van der Waals surface area contributed by atoms with Crippen LogP contribution in [0.2, 0.25) is 0 Å². The molecule has 3 heterocycles. The fourth-order valence-corrected chi connectivity index (χ4v) is 4.20. The smallest absolute Gasteiger partial charge is 0.253 e. The second-order valence-electron chi connectivity index (χ2n) is 8.23. The maximum atomic E-state index is 6.52. The molecule has 0 spiro atoms. The van der Waals surface area contributed by atoms with Crippen LogP contribution >= 0.6 is 0 Å². The standard InChI is InChI=1S/C25H21N7/c26-25(11-4-12-25)19-9-7-18(8-10-19)22-20(17-5-2-1-3-6-17)16-32-24(29-22)30-23(31-32)21-15-27-13-14-28-21/h1-3,5-10,13-16H,4,11-12,26H2. The number of rotatable bonds is 4. The molecule has 7 heteroatoms. The Morgan fingerprint density at radius 2 is 1.69 bits per heavy atom. The van der Waals surface area contributed by atoms with Gasteiger partial charge in [-0.05, 0) is 30.4 Å². The highest BCUT2D eigenvalue weighted by molar-refractivity contribution is 5.81. The van der Waals surface area contributed by atoms with E-state index in [1.165, 1.54) is 12.0 Å². The lowest BCUT2D eigenvalue weighted by Crippen LogP contribution is -2.43. The summed E-state index contributed by atoms with van der Waals surface area (Å²) in [5, 5.41) is 4.59. The second-order valence-corrected chi connectivity index (χ2v) is 8.23. The molecular formula is C25H21N7. The van der Waals surface area contributed by atoms with Crippen molar-refractivity contribution in [3.05, 3.63) is 84.9 Å². The molecule has 2 N–H and O–H groups in total. The number of hydrogen-bond donors (Lipinski definition) is 1. The van der Waals surface area contributed by atoms with E-state index in [9.17, 15) is 0 Å². The van der Waals surface area contributed by atoms with Gasteiger partial charge in [0.15, 0.2) is 0 Å². The van der Waals surface area contributed by atoms with Crippen LogP contribution in [0.5, 0.6) is 0 Å². The third-order valence-electron chi connectivity index (χ3n) is 6.19. The SMILES string of the molecule is NC1(c2ccc(-c3nc4nc(-c5cnccn5)nn4cc3-c3ccccc3)cc2)CCC1. The van der Waals surface area contributed by atoms with E-state index in [2.05, 4.69) is 56.4 Å². The summed E-state index contributed by atoms with van der Waals surface area (Å²) >= 11 is 0. The van der Waals surface area contributed by atoms with Gasteiger partial charge in [-0.25, -0.2) is 14.5 Å².